The average molecular weight is 411 g/mol. The molecule has 3 aromatic carbocycles. The number of carbonyl (C=O) groups excluding carboxylic acids is 1. The summed E-state index contributed by atoms with van der Waals surface area (Å²) in [5.41, 5.74) is 3.18. The fraction of sp³-hybridized carbons (Fsp3) is 0.0952. The summed E-state index contributed by atoms with van der Waals surface area (Å²) in [4.78, 5) is 13.9. The molecule has 1 heterocycles. The molecule has 0 radical (unpaired) electrons. The number of hydrogen-bond donors (Lipinski definition) is 1. The van der Waals surface area contributed by atoms with E-state index < -0.39 is 11.7 Å². The third-order valence-corrected chi connectivity index (χ3v) is 4.75. The van der Waals surface area contributed by atoms with E-state index in [2.05, 4.69) is 15.5 Å². The molecule has 1 N–H and O–H groups in total. The summed E-state index contributed by atoms with van der Waals surface area (Å²) in [5, 5.41) is 12.1. The maximum atomic E-state index is 13.9. The van der Waals surface area contributed by atoms with Crippen LogP contribution in [-0.4, -0.2) is 28.0 Å². The maximum Gasteiger partial charge on any atom is 0.258 e. The number of benzene rings is 3. The molecule has 4 aromatic rings. The quantitative estimate of drug-likeness (QED) is 0.525. The van der Waals surface area contributed by atoms with E-state index >= 15 is 0 Å². The molecule has 0 aliphatic heterocycles. The van der Waals surface area contributed by atoms with Crippen LogP contribution in [0.25, 0.3) is 16.7 Å². The first-order valence-electron chi connectivity index (χ1n) is 8.74. The molecular weight excluding hydrogens is 395 g/mol. The summed E-state index contributed by atoms with van der Waals surface area (Å²) in [7, 11) is 1.54. The van der Waals surface area contributed by atoms with Gasteiger partial charge in [0, 0.05) is 5.69 Å². The Kier molecular flexibility index (Phi) is 4.90. The number of fused-ring (bicyclic) bond motifs is 1. The normalized spacial score (nSPS) is 10.9. The second-order valence-electron chi connectivity index (χ2n) is 6.40. The van der Waals surface area contributed by atoms with Crippen LogP contribution in [-0.2, 0) is 0 Å². The highest BCUT2D eigenvalue weighted by Gasteiger charge is 2.14. The number of nitrogens with zero attached hydrogens (tertiary/aromatic N) is 3. The van der Waals surface area contributed by atoms with Crippen LogP contribution in [0.3, 0.4) is 0 Å². The van der Waals surface area contributed by atoms with Gasteiger partial charge in [0.2, 0.25) is 0 Å². The van der Waals surface area contributed by atoms with Gasteiger partial charge < -0.3 is 10.1 Å². The summed E-state index contributed by atoms with van der Waals surface area (Å²) < 4.78 is 19.0. The maximum absolute atomic E-state index is 13.9. The number of carbonyl (C=O) groups is 1. The summed E-state index contributed by atoms with van der Waals surface area (Å²) in [6, 6.07) is 14.6. The SMILES string of the molecule is COc1ccc(-n2nc3cc(C)c(NC(=O)c4ccccc4F)cc3n2)cc1Cl. The number of methoxy groups -OCH3 is 1. The van der Waals surface area contributed by atoms with Crippen molar-refractivity contribution in [1.29, 1.82) is 0 Å². The van der Waals surface area contributed by atoms with Gasteiger partial charge in [0.05, 0.1) is 23.4 Å². The van der Waals surface area contributed by atoms with Crippen LogP contribution in [0, 0.1) is 12.7 Å². The van der Waals surface area contributed by atoms with Crippen molar-refractivity contribution >= 4 is 34.2 Å². The molecule has 0 aliphatic carbocycles. The number of aromatic nitrogens is 3. The molecule has 0 atom stereocenters. The van der Waals surface area contributed by atoms with Crippen LogP contribution in [0.15, 0.2) is 54.6 Å². The van der Waals surface area contributed by atoms with Gasteiger partial charge in [-0.2, -0.15) is 4.80 Å². The van der Waals surface area contributed by atoms with Crippen LogP contribution in [0.1, 0.15) is 15.9 Å². The molecule has 0 saturated heterocycles. The summed E-state index contributed by atoms with van der Waals surface area (Å²) in [6.45, 7) is 1.83. The van der Waals surface area contributed by atoms with E-state index in [4.69, 9.17) is 16.3 Å². The Morgan fingerprint density at radius 2 is 1.83 bits per heavy atom. The number of aryl methyl sites for hydroxylation is 1. The van der Waals surface area contributed by atoms with Gasteiger partial charge >= 0.3 is 0 Å². The third kappa shape index (κ3) is 3.64. The van der Waals surface area contributed by atoms with Gasteiger partial charge in [-0.25, -0.2) is 4.39 Å². The molecule has 0 fully saturated rings. The van der Waals surface area contributed by atoms with E-state index in [0.717, 1.165) is 5.56 Å². The molecule has 6 nitrogen and oxygen atoms in total. The standard InChI is InChI=1S/C21H16ClFN4O2/c1-12-9-18-19(11-17(12)24-21(28)14-5-3-4-6-16(14)23)26-27(25-18)13-7-8-20(29-2)15(22)10-13/h3-11H,1-2H3,(H,24,28). The molecule has 4 rings (SSSR count). The predicted molar refractivity (Wildman–Crippen MR) is 110 cm³/mol. The second-order valence-corrected chi connectivity index (χ2v) is 6.81. The predicted octanol–water partition coefficient (Wildman–Crippen LogP) is 4.78. The Morgan fingerprint density at radius 1 is 1.10 bits per heavy atom. The highest BCUT2D eigenvalue weighted by molar-refractivity contribution is 6.32. The molecule has 29 heavy (non-hydrogen) atoms. The molecule has 1 aromatic heterocycles. The summed E-state index contributed by atoms with van der Waals surface area (Å²) >= 11 is 6.18. The first kappa shape index (κ1) is 18.9. The average Bonchev–Trinajstić information content (AvgIpc) is 3.11. The Morgan fingerprint density at radius 3 is 2.52 bits per heavy atom. The largest absolute Gasteiger partial charge is 0.495 e. The molecule has 0 saturated carbocycles. The van der Waals surface area contributed by atoms with Crippen molar-refractivity contribution in [3.05, 3.63) is 76.6 Å². The Labute approximate surface area is 170 Å². The number of hydrogen-bond acceptors (Lipinski definition) is 4. The van der Waals surface area contributed by atoms with E-state index in [1.165, 1.54) is 23.0 Å². The van der Waals surface area contributed by atoms with Gasteiger partial charge in [-0.15, -0.1) is 10.2 Å². The fourth-order valence-electron chi connectivity index (χ4n) is 2.93. The minimum Gasteiger partial charge on any atom is -0.495 e. The monoisotopic (exact) mass is 410 g/mol. The molecule has 0 aliphatic rings. The van der Waals surface area contributed by atoms with Crippen LogP contribution in [0.5, 0.6) is 5.75 Å². The van der Waals surface area contributed by atoms with Gasteiger partial charge in [0.1, 0.15) is 22.6 Å². The zero-order chi connectivity index (χ0) is 20.5. The Bertz CT molecular complexity index is 1240. The zero-order valence-corrected chi connectivity index (χ0v) is 16.4. The lowest BCUT2D eigenvalue weighted by Crippen LogP contribution is -2.14. The second kappa shape index (κ2) is 7.52. The molecule has 146 valence electrons. The van der Waals surface area contributed by atoms with Crippen molar-refractivity contribution < 1.29 is 13.9 Å². The van der Waals surface area contributed by atoms with E-state index in [0.29, 0.717) is 33.2 Å². The zero-order valence-electron chi connectivity index (χ0n) is 15.6. The Hall–Kier alpha value is -3.45. The van der Waals surface area contributed by atoms with Crippen LogP contribution >= 0.6 is 11.6 Å². The van der Waals surface area contributed by atoms with Crippen molar-refractivity contribution in [2.75, 3.05) is 12.4 Å². The van der Waals surface area contributed by atoms with Gasteiger partial charge in [-0.05, 0) is 55.0 Å². The first-order chi connectivity index (χ1) is 14.0. The Balaban J connectivity index is 1.68. The van der Waals surface area contributed by atoms with Gasteiger partial charge in [0.15, 0.2) is 0 Å². The highest BCUT2D eigenvalue weighted by atomic mass is 35.5. The highest BCUT2D eigenvalue weighted by Crippen LogP contribution is 2.27. The molecule has 0 bridgehead atoms. The van der Waals surface area contributed by atoms with Crippen molar-refractivity contribution in [2.45, 2.75) is 6.92 Å². The lowest BCUT2D eigenvalue weighted by atomic mass is 10.1. The van der Waals surface area contributed by atoms with Crippen LogP contribution in [0.4, 0.5) is 10.1 Å². The minimum atomic E-state index is -0.578. The molecule has 8 heteroatoms. The molecular formula is C21H16ClFN4O2. The number of nitrogens with one attached hydrogen (secondary N) is 1. The third-order valence-electron chi connectivity index (χ3n) is 4.46. The van der Waals surface area contributed by atoms with E-state index in [9.17, 15) is 9.18 Å². The summed E-state index contributed by atoms with van der Waals surface area (Å²) in [5.74, 6) is -0.549. The van der Waals surface area contributed by atoms with Gasteiger partial charge in [-0.3, -0.25) is 4.79 Å². The summed E-state index contributed by atoms with van der Waals surface area (Å²) in [6.07, 6.45) is 0. The van der Waals surface area contributed by atoms with Crippen LogP contribution < -0.4 is 10.1 Å². The number of ether oxygens (including phenoxy) is 1. The fourth-order valence-corrected chi connectivity index (χ4v) is 3.18. The lowest BCUT2D eigenvalue weighted by Gasteiger charge is -2.08. The molecule has 0 unspecified atom stereocenters. The van der Waals surface area contributed by atoms with Gasteiger partial charge in [0.25, 0.3) is 5.91 Å². The van der Waals surface area contributed by atoms with E-state index in [1.54, 1.807) is 43.5 Å². The molecule has 1 amide bonds. The number of amides is 1. The first-order valence-corrected chi connectivity index (χ1v) is 9.11. The van der Waals surface area contributed by atoms with Gasteiger partial charge in [-0.1, -0.05) is 23.7 Å². The lowest BCUT2D eigenvalue weighted by molar-refractivity contribution is 0.102. The van der Waals surface area contributed by atoms with E-state index in [1.807, 2.05) is 6.92 Å². The van der Waals surface area contributed by atoms with Crippen LogP contribution in [0.2, 0.25) is 5.02 Å². The smallest absolute Gasteiger partial charge is 0.258 e. The van der Waals surface area contributed by atoms with Crippen molar-refractivity contribution in [3.63, 3.8) is 0 Å². The molecule has 0 spiro atoms. The topological polar surface area (TPSA) is 69.0 Å². The van der Waals surface area contributed by atoms with Crippen molar-refractivity contribution in [2.24, 2.45) is 0 Å². The number of rotatable bonds is 4. The van der Waals surface area contributed by atoms with E-state index in [-0.39, 0.29) is 5.56 Å². The van der Waals surface area contributed by atoms with Crippen molar-refractivity contribution in [1.82, 2.24) is 15.0 Å². The minimum absolute atomic E-state index is 0.0245. The number of halogens is 2. The number of anilines is 1. The van der Waals surface area contributed by atoms with Crippen molar-refractivity contribution in [3.8, 4) is 11.4 Å².